The molecule has 0 aliphatic carbocycles. The van der Waals surface area contributed by atoms with Gasteiger partial charge in [0.05, 0.1) is 5.56 Å². The monoisotopic (exact) mass is 348 g/mol. The van der Waals surface area contributed by atoms with Crippen LogP contribution in [0.5, 0.6) is 0 Å². The van der Waals surface area contributed by atoms with Gasteiger partial charge in [0.1, 0.15) is 5.82 Å². The van der Waals surface area contributed by atoms with E-state index in [-0.39, 0.29) is 12.1 Å². The second kappa shape index (κ2) is 7.63. The van der Waals surface area contributed by atoms with Gasteiger partial charge in [-0.2, -0.15) is 13.2 Å². The molecule has 1 aromatic carbocycles. The van der Waals surface area contributed by atoms with Gasteiger partial charge in [-0.25, -0.2) is 4.39 Å². The average molecular weight is 348 g/mol. The van der Waals surface area contributed by atoms with E-state index in [0.29, 0.717) is 0 Å². The summed E-state index contributed by atoms with van der Waals surface area (Å²) in [5.41, 5.74) is -1.88. The van der Waals surface area contributed by atoms with Crippen LogP contribution in [0.4, 0.5) is 17.6 Å². The number of halogens is 4. The zero-order valence-electron chi connectivity index (χ0n) is 13.9. The van der Waals surface area contributed by atoms with Crippen molar-refractivity contribution in [3.63, 3.8) is 0 Å². The van der Waals surface area contributed by atoms with Crippen LogP contribution >= 0.6 is 0 Å². The maximum absolute atomic E-state index is 13.7. The summed E-state index contributed by atoms with van der Waals surface area (Å²) in [5, 5.41) is 2.07. The summed E-state index contributed by atoms with van der Waals surface area (Å²) >= 11 is 0. The van der Waals surface area contributed by atoms with Crippen molar-refractivity contribution in [1.82, 2.24) is 10.2 Å². The van der Waals surface area contributed by atoms with E-state index in [1.807, 2.05) is 0 Å². The molecule has 1 N–H and O–H groups in total. The molecule has 0 aliphatic rings. The van der Waals surface area contributed by atoms with Crippen LogP contribution in [0, 0.1) is 5.82 Å². The van der Waals surface area contributed by atoms with Crippen molar-refractivity contribution in [3.8, 4) is 0 Å². The van der Waals surface area contributed by atoms with Crippen molar-refractivity contribution in [1.29, 1.82) is 0 Å². The summed E-state index contributed by atoms with van der Waals surface area (Å²) in [5.74, 6) is -3.04. The first-order chi connectivity index (χ1) is 11.0. The van der Waals surface area contributed by atoms with E-state index in [9.17, 15) is 27.2 Å². The second-order valence-electron chi connectivity index (χ2n) is 5.85. The molecule has 134 valence electrons. The SMILES string of the molecule is CC(C)N(C(=O)C(=O)NCc1c(F)cccc1C(F)(F)F)C(C)C. The van der Waals surface area contributed by atoms with E-state index >= 15 is 0 Å². The number of hydrogen-bond donors (Lipinski definition) is 1. The smallest absolute Gasteiger partial charge is 0.344 e. The van der Waals surface area contributed by atoms with Crippen molar-refractivity contribution in [3.05, 3.63) is 35.1 Å². The number of rotatable bonds is 4. The Labute approximate surface area is 137 Å². The maximum atomic E-state index is 13.7. The normalized spacial score (nSPS) is 11.8. The Balaban J connectivity index is 2.94. The van der Waals surface area contributed by atoms with Gasteiger partial charge in [-0.15, -0.1) is 0 Å². The Morgan fingerprint density at radius 2 is 1.67 bits per heavy atom. The molecule has 4 nitrogen and oxygen atoms in total. The van der Waals surface area contributed by atoms with E-state index < -0.39 is 41.5 Å². The van der Waals surface area contributed by atoms with Crippen LogP contribution in [-0.2, 0) is 22.3 Å². The molecule has 24 heavy (non-hydrogen) atoms. The van der Waals surface area contributed by atoms with E-state index in [2.05, 4.69) is 5.32 Å². The maximum Gasteiger partial charge on any atom is 0.416 e. The molecule has 0 radical (unpaired) electrons. The summed E-state index contributed by atoms with van der Waals surface area (Å²) in [4.78, 5) is 25.3. The quantitative estimate of drug-likeness (QED) is 0.671. The number of carbonyl (C=O) groups is 2. The lowest BCUT2D eigenvalue weighted by atomic mass is 10.1. The molecule has 1 rings (SSSR count). The van der Waals surface area contributed by atoms with Gasteiger partial charge in [0.15, 0.2) is 0 Å². The fraction of sp³-hybridized carbons (Fsp3) is 0.500. The predicted molar refractivity (Wildman–Crippen MR) is 80.4 cm³/mol. The standard InChI is InChI=1S/C16H20F4N2O2/c1-9(2)22(10(3)4)15(24)14(23)21-8-11-12(16(18,19)20)6-5-7-13(11)17/h5-7,9-10H,8H2,1-4H3,(H,21,23). The first kappa shape index (κ1) is 19.9. The van der Waals surface area contributed by atoms with Crippen molar-refractivity contribution >= 4 is 11.8 Å². The second-order valence-corrected chi connectivity index (χ2v) is 5.85. The summed E-state index contributed by atoms with van der Waals surface area (Å²) < 4.78 is 52.4. The van der Waals surface area contributed by atoms with E-state index in [4.69, 9.17) is 0 Å². The molecule has 0 fully saturated rings. The summed E-state index contributed by atoms with van der Waals surface area (Å²) in [6.07, 6.45) is -4.76. The topological polar surface area (TPSA) is 49.4 Å². The minimum Gasteiger partial charge on any atom is -0.344 e. The molecule has 0 saturated carbocycles. The fourth-order valence-corrected chi connectivity index (χ4v) is 2.43. The van der Waals surface area contributed by atoms with Gasteiger partial charge in [0.25, 0.3) is 0 Å². The Morgan fingerprint density at radius 3 is 2.12 bits per heavy atom. The van der Waals surface area contributed by atoms with E-state index in [1.54, 1.807) is 27.7 Å². The van der Waals surface area contributed by atoms with Gasteiger partial charge < -0.3 is 10.2 Å². The Kier molecular flexibility index (Phi) is 6.34. The molecule has 0 heterocycles. The van der Waals surface area contributed by atoms with Gasteiger partial charge in [-0.3, -0.25) is 9.59 Å². The average Bonchev–Trinajstić information content (AvgIpc) is 2.43. The lowest BCUT2D eigenvalue weighted by Gasteiger charge is -2.30. The molecule has 0 atom stereocenters. The predicted octanol–water partition coefficient (Wildman–Crippen LogP) is 3.11. The number of nitrogens with one attached hydrogen (secondary N) is 1. The minimum absolute atomic E-state index is 0.262. The third-order valence-corrected chi connectivity index (χ3v) is 3.39. The first-order valence-electron chi connectivity index (χ1n) is 7.41. The highest BCUT2D eigenvalue weighted by Gasteiger charge is 2.35. The van der Waals surface area contributed by atoms with Crippen molar-refractivity contribution in [2.45, 2.75) is 52.5 Å². The van der Waals surface area contributed by atoms with Crippen molar-refractivity contribution in [2.75, 3.05) is 0 Å². The molecule has 2 amide bonds. The highest BCUT2D eigenvalue weighted by molar-refractivity contribution is 6.35. The zero-order chi connectivity index (χ0) is 18.7. The van der Waals surface area contributed by atoms with E-state index in [0.717, 1.165) is 18.2 Å². The van der Waals surface area contributed by atoms with Crippen LogP contribution in [0.25, 0.3) is 0 Å². The molecule has 0 spiro atoms. The van der Waals surface area contributed by atoms with Crippen LogP contribution < -0.4 is 5.32 Å². The van der Waals surface area contributed by atoms with Crippen LogP contribution in [0.2, 0.25) is 0 Å². The molecule has 0 aliphatic heterocycles. The third-order valence-electron chi connectivity index (χ3n) is 3.39. The Bertz CT molecular complexity index is 605. The molecule has 0 saturated heterocycles. The van der Waals surface area contributed by atoms with Crippen molar-refractivity contribution in [2.24, 2.45) is 0 Å². The lowest BCUT2D eigenvalue weighted by molar-refractivity contribution is -0.148. The molecule has 8 heteroatoms. The summed E-state index contributed by atoms with van der Waals surface area (Å²) in [7, 11) is 0. The largest absolute Gasteiger partial charge is 0.416 e. The van der Waals surface area contributed by atoms with Gasteiger partial charge in [-0.05, 0) is 39.8 Å². The Hall–Kier alpha value is -2.12. The Morgan fingerprint density at radius 1 is 1.12 bits per heavy atom. The summed E-state index contributed by atoms with van der Waals surface area (Å²) in [6.45, 7) is 6.12. The highest BCUT2D eigenvalue weighted by atomic mass is 19.4. The molecular weight excluding hydrogens is 328 g/mol. The minimum atomic E-state index is -4.76. The number of nitrogens with zero attached hydrogens (tertiary/aromatic N) is 1. The summed E-state index contributed by atoms with van der Waals surface area (Å²) in [6, 6.07) is 2.01. The fourth-order valence-electron chi connectivity index (χ4n) is 2.43. The molecule has 0 unspecified atom stereocenters. The molecule has 0 bridgehead atoms. The molecular formula is C16H20F4N2O2. The van der Waals surface area contributed by atoms with Gasteiger partial charge >= 0.3 is 18.0 Å². The highest BCUT2D eigenvalue weighted by Crippen LogP contribution is 2.32. The molecule has 1 aromatic rings. The van der Waals surface area contributed by atoms with E-state index in [1.165, 1.54) is 4.90 Å². The zero-order valence-corrected chi connectivity index (χ0v) is 13.9. The van der Waals surface area contributed by atoms with Crippen LogP contribution in [0.3, 0.4) is 0 Å². The number of carbonyl (C=O) groups excluding carboxylic acids is 2. The van der Waals surface area contributed by atoms with Crippen LogP contribution in [0.15, 0.2) is 18.2 Å². The van der Waals surface area contributed by atoms with Gasteiger partial charge in [0, 0.05) is 24.2 Å². The van der Waals surface area contributed by atoms with Crippen molar-refractivity contribution < 1.29 is 27.2 Å². The van der Waals surface area contributed by atoms with Gasteiger partial charge in [-0.1, -0.05) is 6.07 Å². The third kappa shape index (κ3) is 4.69. The van der Waals surface area contributed by atoms with Crippen LogP contribution in [-0.4, -0.2) is 28.8 Å². The first-order valence-corrected chi connectivity index (χ1v) is 7.41. The number of hydrogen-bond acceptors (Lipinski definition) is 2. The number of alkyl halides is 3. The lowest BCUT2D eigenvalue weighted by Crippen LogP contribution is -2.49. The number of benzene rings is 1. The van der Waals surface area contributed by atoms with Crippen LogP contribution in [0.1, 0.15) is 38.8 Å². The van der Waals surface area contributed by atoms with Gasteiger partial charge in [0.2, 0.25) is 0 Å². The number of amides is 2. The molecule has 0 aromatic heterocycles.